The van der Waals surface area contributed by atoms with Gasteiger partial charge < -0.3 is 14.6 Å². The van der Waals surface area contributed by atoms with Crippen molar-refractivity contribution in [2.75, 3.05) is 6.54 Å². The fraction of sp³-hybridized carbons (Fsp3) is 0.250. The summed E-state index contributed by atoms with van der Waals surface area (Å²) in [4.78, 5) is 38.2. The van der Waals surface area contributed by atoms with Crippen LogP contribution in [-0.4, -0.2) is 38.2 Å². The van der Waals surface area contributed by atoms with E-state index >= 15 is 0 Å². The van der Waals surface area contributed by atoms with Crippen molar-refractivity contribution in [3.8, 4) is 23.7 Å². The zero-order valence-corrected chi connectivity index (χ0v) is 21.9. The first-order valence-corrected chi connectivity index (χ1v) is 12.6. The summed E-state index contributed by atoms with van der Waals surface area (Å²) in [6, 6.07) is 13.5. The number of aromatic nitrogens is 3. The number of benzene rings is 1. The Morgan fingerprint density at radius 1 is 1.22 bits per heavy atom. The molecule has 0 aliphatic carbocycles. The molecule has 3 heterocycles. The first-order valence-electron chi connectivity index (χ1n) is 11.8. The Hall–Kier alpha value is -4.29. The molecule has 0 unspecified atom stereocenters. The number of carbonyl (C=O) groups excluding carboxylic acids is 2. The largest absolute Gasteiger partial charge is 0.443 e. The molecule has 0 spiro atoms. The Balaban J connectivity index is 0.000000260. The monoisotopic (exact) mass is 517 g/mol. The molecule has 0 saturated carbocycles. The smallest absolute Gasteiger partial charge is 0.263 e. The molecule has 2 amide bonds. The molecule has 4 rings (SSSR count). The van der Waals surface area contributed by atoms with Crippen molar-refractivity contribution in [1.29, 1.82) is 0 Å². The van der Waals surface area contributed by atoms with Gasteiger partial charge in [-0.05, 0) is 30.9 Å². The normalized spacial score (nSPS) is 10.1. The summed E-state index contributed by atoms with van der Waals surface area (Å²) in [6.07, 6.45) is 11.0. The lowest BCUT2D eigenvalue weighted by Gasteiger charge is -2.19. The first-order chi connectivity index (χ1) is 17.9. The molecule has 0 bridgehead atoms. The topological polar surface area (TPSA) is 101 Å². The van der Waals surface area contributed by atoms with Gasteiger partial charge in [0.1, 0.15) is 10.6 Å². The van der Waals surface area contributed by atoms with E-state index < -0.39 is 0 Å². The average molecular weight is 518 g/mol. The van der Waals surface area contributed by atoms with Crippen LogP contribution in [0.25, 0.3) is 11.3 Å². The molecule has 0 fully saturated rings. The number of aryl methyl sites for hydroxylation is 1. The lowest BCUT2D eigenvalue weighted by Crippen LogP contribution is -2.29. The van der Waals surface area contributed by atoms with Crippen molar-refractivity contribution in [3.05, 3.63) is 88.1 Å². The van der Waals surface area contributed by atoms with Gasteiger partial charge in [-0.1, -0.05) is 43.3 Å². The Labute approximate surface area is 222 Å². The van der Waals surface area contributed by atoms with E-state index in [9.17, 15) is 9.59 Å². The third-order valence-electron chi connectivity index (χ3n) is 5.26. The SMILES string of the molecule is C#Cc1nc(C)c(C(=O)NCc2cccnc2)s1.CCCN(Cc1ncoc1-c1ccccc1)C(C)=O.[HH]. The minimum atomic E-state index is -0.157. The van der Waals surface area contributed by atoms with Crippen molar-refractivity contribution in [2.24, 2.45) is 0 Å². The highest BCUT2D eigenvalue weighted by Gasteiger charge is 2.16. The maximum atomic E-state index is 11.9. The molecular weight excluding hydrogens is 486 g/mol. The number of thiazole rings is 1. The second-order valence-electron chi connectivity index (χ2n) is 8.06. The van der Waals surface area contributed by atoms with Crippen LogP contribution in [0.1, 0.15) is 53.3 Å². The molecule has 0 aliphatic heterocycles. The number of carbonyl (C=O) groups is 2. The lowest BCUT2D eigenvalue weighted by atomic mass is 10.1. The van der Waals surface area contributed by atoms with Gasteiger partial charge in [0.15, 0.2) is 17.2 Å². The predicted molar refractivity (Wildman–Crippen MR) is 146 cm³/mol. The van der Waals surface area contributed by atoms with Crippen LogP contribution >= 0.6 is 11.3 Å². The van der Waals surface area contributed by atoms with Crippen molar-refractivity contribution in [2.45, 2.75) is 40.3 Å². The van der Waals surface area contributed by atoms with E-state index in [1.165, 1.54) is 17.7 Å². The summed E-state index contributed by atoms with van der Waals surface area (Å²) in [5.74, 6) is 3.08. The number of rotatable bonds is 8. The van der Waals surface area contributed by atoms with Crippen molar-refractivity contribution in [3.63, 3.8) is 0 Å². The summed E-state index contributed by atoms with van der Waals surface area (Å²) in [6.45, 7) is 7.07. The summed E-state index contributed by atoms with van der Waals surface area (Å²) in [5.41, 5.74) is 3.40. The number of nitrogens with zero attached hydrogens (tertiary/aromatic N) is 4. The highest BCUT2D eigenvalue weighted by Crippen LogP contribution is 2.24. The first kappa shape index (κ1) is 27.3. The molecule has 9 heteroatoms. The number of hydrogen-bond donors (Lipinski definition) is 1. The minimum Gasteiger partial charge on any atom is -0.443 e. The lowest BCUT2D eigenvalue weighted by molar-refractivity contribution is -0.129. The van der Waals surface area contributed by atoms with Crippen LogP contribution in [0.5, 0.6) is 0 Å². The van der Waals surface area contributed by atoms with Gasteiger partial charge in [0.2, 0.25) is 5.91 Å². The highest BCUT2D eigenvalue weighted by molar-refractivity contribution is 7.14. The molecule has 0 saturated heterocycles. The molecule has 0 radical (unpaired) electrons. The third-order valence-corrected chi connectivity index (χ3v) is 6.35. The van der Waals surface area contributed by atoms with Crippen LogP contribution in [0, 0.1) is 19.3 Å². The predicted octanol–water partition coefficient (Wildman–Crippen LogP) is 5.10. The van der Waals surface area contributed by atoms with E-state index in [-0.39, 0.29) is 13.2 Å². The van der Waals surface area contributed by atoms with Gasteiger partial charge in [0, 0.05) is 39.4 Å². The number of pyridine rings is 1. The fourth-order valence-electron chi connectivity index (χ4n) is 3.44. The quantitative estimate of drug-likeness (QED) is 0.326. The summed E-state index contributed by atoms with van der Waals surface area (Å²) in [5, 5.41) is 3.34. The molecular formula is C28H31N5O3S. The van der Waals surface area contributed by atoms with Gasteiger partial charge in [0.25, 0.3) is 5.91 Å². The maximum Gasteiger partial charge on any atom is 0.263 e. The van der Waals surface area contributed by atoms with Crippen molar-refractivity contribution >= 4 is 23.2 Å². The van der Waals surface area contributed by atoms with Crippen LogP contribution in [0.15, 0.2) is 65.7 Å². The van der Waals surface area contributed by atoms with Gasteiger partial charge in [-0.2, -0.15) is 0 Å². The number of hydrogen-bond acceptors (Lipinski definition) is 7. The third kappa shape index (κ3) is 7.85. The summed E-state index contributed by atoms with van der Waals surface area (Å²) in [7, 11) is 0. The Morgan fingerprint density at radius 2 is 2.00 bits per heavy atom. The van der Waals surface area contributed by atoms with E-state index in [4.69, 9.17) is 10.8 Å². The second-order valence-corrected chi connectivity index (χ2v) is 9.06. The van der Waals surface area contributed by atoms with Crippen molar-refractivity contribution in [1.82, 2.24) is 25.2 Å². The zero-order chi connectivity index (χ0) is 26.6. The van der Waals surface area contributed by atoms with Crippen LogP contribution in [0.2, 0.25) is 0 Å². The van der Waals surface area contributed by atoms with Gasteiger partial charge in [-0.15, -0.1) is 17.8 Å². The summed E-state index contributed by atoms with van der Waals surface area (Å²) >= 11 is 1.23. The van der Waals surface area contributed by atoms with E-state index in [0.717, 1.165) is 35.5 Å². The van der Waals surface area contributed by atoms with Crippen LogP contribution in [0.3, 0.4) is 0 Å². The second kappa shape index (κ2) is 13.7. The molecule has 0 atom stereocenters. The van der Waals surface area contributed by atoms with E-state index in [2.05, 4.69) is 33.1 Å². The van der Waals surface area contributed by atoms with Crippen LogP contribution < -0.4 is 5.32 Å². The van der Waals surface area contributed by atoms with E-state index in [1.807, 2.05) is 42.5 Å². The van der Waals surface area contributed by atoms with E-state index in [0.29, 0.717) is 28.7 Å². The molecule has 8 nitrogen and oxygen atoms in total. The summed E-state index contributed by atoms with van der Waals surface area (Å²) < 4.78 is 5.46. The number of oxazole rings is 1. The molecule has 0 aliphatic rings. The average Bonchev–Trinajstić information content (AvgIpc) is 3.54. The minimum absolute atomic E-state index is 0. The zero-order valence-electron chi connectivity index (χ0n) is 21.1. The van der Waals surface area contributed by atoms with Crippen molar-refractivity contribution < 1.29 is 15.4 Å². The molecule has 1 N–H and O–H groups in total. The standard InChI is InChI=1S/C15H18N2O2.C13H11N3OS.H2/c1-3-9-17(12(2)18)10-14-15(19-11-16-14)13-7-5-4-6-8-13;1-3-11-16-9(2)12(18-11)13(17)15-8-10-5-4-6-14-7-10;/h4-8,11H,3,9-10H2,1-2H3;1,4-7H,8H2,2H3,(H,15,17);1H. The molecule has 1 aromatic carbocycles. The molecule has 37 heavy (non-hydrogen) atoms. The molecule has 3 aromatic heterocycles. The fourth-order valence-corrected chi connectivity index (χ4v) is 4.23. The number of nitrogens with one attached hydrogen (secondary N) is 1. The Kier molecular flexibility index (Phi) is 10.1. The Bertz CT molecular complexity index is 1350. The highest BCUT2D eigenvalue weighted by atomic mass is 32.1. The number of terminal acetylenes is 1. The molecule has 4 aromatic rings. The Morgan fingerprint density at radius 3 is 2.62 bits per heavy atom. The van der Waals surface area contributed by atoms with Gasteiger partial charge in [-0.3, -0.25) is 14.6 Å². The molecule has 192 valence electrons. The van der Waals surface area contributed by atoms with Gasteiger partial charge >= 0.3 is 0 Å². The van der Waals surface area contributed by atoms with E-state index in [1.54, 1.807) is 31.1 Å². The van der Waals surface area contributed by atoms with Crippen LogP contribution in [-0.2, 0) is 17.9 Å². The number of amides is 2. The van der Waals surface area contributed by atoms with Crippen LogP contribution in [0.4, 0.5) is 0 Å². The maximum absolute atomic E-state index is 11.9. The van der Waals surface area contributed by atoms with Gasteiger partial charge in [-0.25, -0.2) is 9.97 Å². The van der Waals surface area contributed by atoms with Gasteiger partial charge in [0.05, 0.1) is 12.2 Å².